The monoisotopic (exact) mass is 466 g/mol. The summed E-state index contributed by atoms with van der Waals surface area (Å²) in [5.74, 6) is -0.0892. The molecule has 1 saturated carbocycles. The normalized spacial score (nSPS) is 14.6. The highest BCUT2D eigenvalue weighted by molar-refractivity contribution is 9.10. The Hall–Kier alpha value is -2.06. The second-order valence-corrected chi connectivity index (χ2v) is 9.44. The minimum atomic E-state index is -4.03. The van der Waals surface area contributed by atoms with Crippen LogP contribution in [0.2, 0.25) is 0 Å². The molecule has 0 unspecified atom stereocenters. The Labute approximate surface area is 174 Å². The third kappa shape index (κ3) is 4.67. The Morgan fingerprint density at radius 3 is 2.50 bits per heavy atom. The topological polar surface area (TPSA) is 75.7 Å². The second kappa shape index (κ2) is 8.96. The SMILES string of the molecule is COc1ccc(Br)cc1S(=O)(=O)N(CC(=O)NC1CCCC1)c1ccccc1. The molecule has 1 amide bonds. The maximum Gasteiger partial charge on any atom is 0.268 e. The Morgan fingerprint density at radius 1 is 1.18 bits per heavy atom. The van der Waals surface area contributed by atoms with E-state index in [2.05, 4.69) is 21.2 Å². The average molecular weight is 467 g/mol. The maximum absolute atomic E-state index is 13.5. The number of benzene rings is 2. The van der Waals surface area contributed by atoms with Crippen molar-refractivity contribution in [2.75, 3.05) is 18.0 Å². The summed E-state index contributed by atoms with van der Waals surface area (Å²) >= 11 is 3.31. The van der Waals surface area contributed by atoms with Gasteiger partial charge in [0.1, 0.15) is 17.2 Å². The van der Waals surface area contributed by atoms with E-state index in [0.717, 1.165) is 30.0 Å². The van der Waals surface area contributed by atoms with Crippen LogP contribution in [0, 0.1) is 0 Å². The van der Waals surface area contributed by atoms with Crippen molar-refractivity contribution in [1.82, 2.24) is 5.32 Å². The van der Waals surface area contributed by atoms with Crippen LogP contribution in [0.4, 0.5) is 5.69 Å². The molecule has 150 valence electrons. The molecule has 0 atom stereocenters. The van der Waals surface area contributed by atoms with E-state index in [0.29, 0.717) is 10.2 Å². The van der Waals surface area contributed by atoms with Gasteiger partial charge in [-0.2, -0.15) is 0 Å². The van der Waals surface area contributed by atoms with Crippen molar-refractivity contribution in [3.8, 4) is 5.75 Å². The van der Waals surface area contributed by atoms with Gasteiger partial charge in [0, 0.05) is 10.5 Å². The number of halogens is 1. The van der Waals surface area contributed by atoms with Crippen molar-refractivity contribution in [1.29, 1.82) is 0 Å². The molecular formula is C20H23BrN2O4S. The number of carbonyl (C=O) groups excluding carboxylic acids is 1. The Kier molecular flexibility index (Phi) is 6.61. The Morgan fingerprint density at radius 2 is 1.86 bits per heavy atom. The lowest BCUT2D eigenvalue weighted by Gasteiger charge is -2.25. The van der Waals surface area contributed by atoms with E-state index in [1.165, 1.54) is 13.2 Å². The van der Waals surface area contributed by atoms with Crippen LogP contribution in [0.1, 0.15) is 25.7 Å². The third-order valence-corrected chi connectivity index (χ3v) is 7.03. The van der Waals surface area contributed by atoms with Gasteiger partial charge in [0.05, 0.1) is 12.8 Å². The first-order chi connectivity index (χ1) is 13.4. The van der Waals surface area contributed by atoms with Gasteiger partial charge in [-0.3, -0.25) is 9.10 Å². The van der Waals surface area contributed by atoms with Crippen LogP contribution in [0.5, 0.6) is 5.75 Å². The van der Waals surface area contributed by atoms with Crippen molar-refractivity contribution in [3.05, 3.63) is 53.0 Å². The highest BCUT2D eigenvalue weighted by Gasteiger charge is 2.31. The van der Waals surface area contributed by atoms with Crippen molar-refractivity contribution in [2.45, 2.75) is 36.6 Å². The molecule has 1 N–H and O–H groups in total. The summed E-state index contributed by atoms with van der Waals surface area (Å²) in [6, 6.07) is 13.5. The highest BCUT2D eigenvalue weighted by atomic mass is 79.9. The molecule has 0 spiro atoms. The van der Waals surface area contributed by atoms with Gasteiger partial charge in [-0.15, -0.1) is 0 Å². The highest BCUT2D eigenvalue weighted by Crippen LogP contribution is 2.32. The number of ether oxygens (including phenoxy) is 1. The molecule has 2 aromatic rings. The quantitative estimate of drug-likeness (QED) is 0.674. The molecule has 0 heterocycles. The standard InChI is InChI=1S/C20H23BrN2O4S/c1-27-18-12-11-15(21)13-19(18)28(25,26)23(17-9-3-2-4-10-17)14-20(24)22-16-7-5-6-8-16/h2-4,9-13,16H,5-8,14H2,1H3,(H,22,24). The summed E-state index contributed by atoms with van der Waals surface area (Å²) in [4.78, 5) is 12.6. The number of nitrogens with one attached hydrogen (secondary N) is 1. The lowest BCUT2D eigenvalue weighted by atomic mass is 10.2. The zero-order valence-corrected chi connectivity index (χ0v) is 18.0. The van der Waals surface area contributed by atoms with Gasteiger partial charge < -0.3 is 10.1 Å². The van der Waals surface area contributed by atoms with Crippen LogP contribution in [-0.2, 0) is 14.8 Å². The number of hydrogen-bond donors (Lipinski definition) is 1. The smallest absolute Gasteiger partial charge is 0.268 e. The summed E-state index contributed by atoms with van der Waals surface area (Å²) in [5.41, 5.74) is 0.422. The number of carbonyl (C=O) groups is 1. The lowest BCUT2D eigenvalue weighted by Crippen LogP contribution is -2.43. The number of sulfonamides is 1. The number of nitrogens with zero attached hydrogens (tertiary/aromatic N) is 1. The Balaban J connectivity index is 1.96. The van der Waals surface area contributed by atoms with E-state index in [1.54, 1.807) is 42.5 Å². The van der Waals surface area contributed by atoms with E-state index in [9.17, 15) is 13.2 Å². The van der Waals surface area contributed by atoms with Crippen molar-refractivity contribution in [2.24, 2.45) is 0 Å². The van der Waals surface area contributed by atoms with E-state index in [-0.39, 0.29) is 29.1 Å². The van der Waals surface area contributed by atoms with Crippen molar-refractivity contribution >= 4 is 37.5 Å². The molecule has 0 radical (unpaired) electrons. The summed E-state index contributed by atoms with van der Waals surface area (Å²) < 4.78 is 34.0. The number of rotatable bonds is 7. The summed E-state index contributed by atoms with van der Waals surface area (Å²) in [7, 11) is -2.61. The number of hydrogen-bond acceptors (Lipinski definition) is 4. The second-order valence-electron chi connectivity index (χ2n) is 6.69. The fourth-order valence-electron chi connectivity index (χ4n) is 3.35. The van der Waals surface area contributed by atoms with Gasteiger partial charge in [-0.1, -0.05) is 47.0 Å². The molecule has 6 nitrogen and oxygen atoms in total. The molecular weight excluding hydrogens is 444 g/mol. The van der Waals surface area contributed by atoms with E-state index in [4.69, 9.17) is 4.74 Å². The van der Waals surface area contributed by atoms with Crippen LogP contribution < -0.4 is 14.4 Å². The molecule has 1 fully saturated rings. The lowest BCUT2D eigenvalue weighted by molar-refractivity contribution is -0.120. The number of anilines is 1. The van der Waals surface area contributed by atoms with E-state index < -0.39 is 10.0 Å². The van der Waals surface area contributed by atoms with E-state index >= 15 is 0 Å². The van der Waals surface area contributed by atoms with Gasteiger partial charge in [0.15, 0.2) is 0 Å². The molecule has 0 aromatic heterocycles. The number of amides is 1. The number of para-hydroxylation sites is 1. The third-order valence-electron chi connectivity index (χ3n) is 4.75. The average Bonchev–Trinajstić information content (AvgIpc) is 3.19. The minimum absolute atomic E-state index is 0.00175. The van der Waals surface area contributed by atoms with Crippen LogP contribution in [0.15, 0.2) is 57.9 Å². The zero-order valence-electron chi connectivity index (χ0n) is 15.6. The molecule has 28 heavy (non-hydrogen) atoms. The van der Waals surface area contributed by atoms with Gasteiger partial charge in [0.25, 0.3) is 10.0 Å². The minimum Gasteiger partial charge on any atom is -0.495 e. The first kappa shape index (κ1) is 20.7. The van der Waals surface area contributed by atoms with Gasteiger partial charge in [-0.05, 0) is 43.2 Å². The summed E-state index contributed by atoms with van der Waals surface area (Å²) in [6.45, 7) is -0.293. The zero-order chi connectivity index (χ0) is 20.1. The molecule has 0 aliphatic heterocycles. The van der Waals surface area contributed by atoms with Crippen LogP contribution in [0.3, 0.4) is 0 Å². The van der Waals surface area contributed by atoms with Crippen LogP contribution >= 0.6 is 15.9 Å². The molecule has 8 heteroatoms. The fourth-order valence-corrected chi connectivity index (χ4v) is 5.47. The van der Waals surface area contributed by atoms with E-state index in [1.807, 2.05) is 0 Å². The molecule has 3 rings (SSSR count). The predicted octanol–water partition coefficient (Wildman–Crippen LogP) is 3.71. The van der Waals surface area contributed by atoms with Gasteiger partial charge >= 0.3 is 0 Å². The summed E-state index contributed by atoms with van der Waals surface area (Å²) in [5, 5.41) is 2.96. The summed E-state index contributed by atoms with van der Waals surface area (Å²) in [6.07, 6.45) is 4.04. The molecule has 1 aliphatic carbocycles. The molecule has 0 bridgehead atoms. The molecule has 0 saturated heterocycles. The molecule has 1 aliphatic rings. The first-order valence-electron chi connectivity index (χ1n) is 9.12. The fraction of sp³-hybridized carbons (Fsp3) is 0.350. The molecule has 2 aromatic carbocycles. The largest absolute Gasteiger partial charge is 0.495 e. The number of methoxy groups -OCH3 is 1. The van der Waals surface area contributed by atoms with Crippen molar-refractivity contribution < 1.29 is 17.9 Å². The van der Waals surface area contributed by atoms with Crippen molar-refractivity contribution in [3.63, 3.8) is 0 Å². The maximum atomic E-state index is 13.5. The first-order valence-corrected chi connectivity index (χ1v) is 11.4. The Bertz CT molecular complexity index is 928. The van der Waals surface area contributed by atoms with Crippen LogP contribution in [-0.4, -0.2) is 34.0 Å². The predicted molar refractivity (Wildman–Crippen MR) is 112 cm³/mol. The van der Waals surface area contributed by atoms with Gasteiger partial charge in [-0.25, -0.2) is 8.42 Å². The van der Waals surface area contributed by atoms with Crippen LogP contribution in [0.25, 0.3) is 0 Å². The van der Waals surface area contributed by atoms with Gasteiger partial charge in [0.2, 0.25) is 5.91 Å².